The number of aromatic carboxylic acids is 1. The van der Waals surface area contributed by atoms with Gasteiger partial charge in [-0.25, -0.2) is 4.79 Å². The van der Waals surface area contributed by atoms with E-state index in [1.807, 2.05) is 12.1 Å². The van der Waals surface area contributed by atoms with Crippen molar-refractivity contribution in [1.82, 2.24) is 10.2 Å². The van der Waals surface area contributed by atoms with Gasteiger partial charge in [-0.05, 0) is 49.4 Å². The molecule has 2 fully saturated rings. The van der Waals surface area contributed by atoms with Crippen molar-refractivity contribution in [1.29, 1.82) is 0 Å². The first-order chi connectivity index (χ1) is 9.70. The molecular weight excluding hydrogens is 252 g/mol. The molecule has 0 aromatic heterocycles. The summed E-state index contributed by atoms with van der Waals surface area (Å²) in [6.07, 6.45) is 4.01. The Hall–Kier alpha value is -1.39. The zero-order chi connectivity index (χ0) is 13.9. The molecule has 0 spiro atoms. The highest BCUT2D eigenvalue weighted by molar-refractivity contribution is 5.87. The minimum atomic E-state index is -0.858. The van der Waals surface area contributed by atoms with Crippen molar-refractivity contribution in [3.8, 4) is 0 Å². The lowest BCUT2D eigenvalue weighted by atomic mass is 9.95. The summed E-state index contributed by atoms with van der Waals surface area (Å²) >= 11 is 0. The van der Waals surface area contributed by atoms with Gasteiger partial charge in [-0.15, -0.1) is 0 Å². The third-order valence-electron chi connectivity index (χ3n) is 4.20. The van der Waals surface area contributed by atoms with Crippen molar-refractivity contribution in [2.24, 2.45) is 5.92 Å². The number of rotatable bonds is 7. The Bertz CT molecular complexity index is 462. The maximum absolute atomic E-state index is 10.8. The van der Waals surface area contributed by atoms with E-state index in [1.54, 1.807) is 12.1 Å². The number of nitrogens with zero attached hydrogens (tertiary/aromatic N) is 1. The van der Waals surface area contributed by atoms with Gasteiger partial charge in [-0.1, -0.05) is 12.1 Å². The molecule has 0 bridgehead atoms. The normalized spacial score (nSPS) is 19.8. The van der Waals surface area contributed by atoms with E-state index >= 15 is 0 Å². The lowest BCUT2D eigenvalue weighted by Crippen LogP contribution is -2.46. The first kappa shape index (κ1) is 13.6. The summed E-state index contributed by atoms with van der Waals surface area (Å²) in [5.41, 5.74) is 1.56. The molecule has 4 nitrogen and oxygen atoms in total. The van der Waals surface area contributed by atoms with Crippen LogP contribution in [-0.4, -0.2) is 41.7 Å². The van der Waals surface area contributed by atoms with Crippen molar-refractivity contribution >= 4 is 5.97 Å². The Morgan fingerprint density at radius 1 is 1.25 bits per heavy atom. The van der Waals surface area contributed by atoms with Crippen LogP contribution in [0.15, 0.2) is 24.3 Å². The van der Waals surface area contributed by atoms with Crippen molar-refractivity contribution in [2.45, 2.75) is 31.8 Å². The highest BCUT2D eigenvalue weighted by Crippen LogP contribution is 2.23. The van der Waals surface area contributed by atoms with E-state index in [9.17, 15) is 4.79 Å². The fourth-order valence-corrected chi connectivity index (χ4v) is 2.78. The maximum Gasteiger partial charge on any atom is 0.335 e. The maximum atomic E-state index is 10.8. The lowest BCUT2D eigenvalue weighted by molar-refractivity contribution is 0.0696. The number of hydrogen-bond acceptors (Lipinski definition) is 3. The van der Waals surface area contributed by atoms with Crippen molar-refractivity contribution in [3.63, 3.8) is 0 Å². The Balaban J connectivity index is 1.36. The second-order valence-electron chi connectivity index (χ2n) is 6.08. The molecule has 3 rings (SSSR count). The Labute approximate surface area is 119 Å². The highest BCUT2D eigenvalue weighted by Gasteiger charge is 2.27. The topological polar surface area (TPSA) is 52.6 Å². The molecule has 0 unspecified atom stereocenters. The molecule has 0 atom stereocenters. The molecule has 2 N–H and O–H groups in total. The van der Waals surface area contributed by atoms with Crippen LogP contribution in [0.25, 0.3) is 0 Å². The first-order valence-electron chi connectivity index (χ1n) is 7.48. The van der Waals surface area contributed by atoms with Crippen LogP contribution in [0.2, 0.25) is 0 Å². The number of benzene rings is 1. The number of hydrogen-bond donors (Lipinski definition) is 2. The van der Waals surface area contributed by atoms with E-state index < -0.39 is 5.97 Å². The fraction of sp³-hybridized carbons (Fsp3) is 0.562. The highest BCUT2D eigenvalue weighted by atomic mass is 16.4. The van der Waals surface area contributed by atoms with Gasteiger partial charge in [-0.2, -0.15) is 0 Å². The van der Waals surface area contributed by atoms with E-state index in [0.29, 0.717) is 5.56 Å². The smallest absolute Gasteiger partial charge is 0.335 e. The monoisotopic (exact) mass is 274 g/mol. The second-order valence-corrected chi connectivity index (χ2v) is 6.08. The Kier molecular flexibility index (Phi) is 4.03. The van der Waals surface area contributed by atoms with E-state index in [4.69, 9.17) is 5.11 Å². The van der Waals surface area contributed by atoms with Crippen LogP contribution in [-0.2, 0) is 6.54 Å². The summed E-state index contributed by atoms with van der Waals surface area (Å²) < 4.78 is 0. The average Bonchev–Trinajstić information content (AvgIpc) is 3.20. The van der Waals surface area contributed by atoms with Crippen molar-refractivity contribution < 1.29 is 9.90 Å². The van der Waals surface area contributed by atoms with Gasteiger partial charge in [0.25, 0.3) is 0 Å². The van der Waals surface area contributed by atoms with Crippen LogP contribution in [0.5, 0.6) is 0 Å². The van der Waals surface area contributed by atoms with Gasteiger partial charge in [0.05, 0.1) is 5.56 Å². The number of carboxylic acids is 1. The molecule has 1 aromatic rings. The first-order valence-corrected chi connectivity index (χ1v) is 7.48. The molecule has 2 aliphatic rings. The zero-order valence-electron chi connectivity index (χ0n) is 11.7. The van der Waals surface area contributed by atoms with Gasteiger partial charge in [0, 0.05) is 25.7 Å². The summed E-state index contributed by atoms with van der Waals surface area (Å²) in [5, 5.41) is 12.4. The third-order valence-corrected chi connectivity index (χ3v) is 4.20. The SMILES string of the molecule is O=C(O)c1ccc(CN2CC(CCNC3CC3)C2)cc1. The van der Waals surface area contributed by atoms with Gasteiger partial charge in [-0.3, -0.25) is 4.90 Å². The van der Waals surface area contributed by atoms with Crippen LogP contribution in [0.3, 0.4) is 0 Å². The summed E-state index contributed by atoms with van der Waals surface area (Å²) in [6.45, 7) is 4.45. The molecular formula is C16H22N2O2. The standard InChI is InChI=1S/C16H22N2O2/c19-16(20)14-3-1-12(2-4-14)9-18-10-13(11-18)7-8-17-15-5-6-15/h1-4,13,15,17H,5-11H2,(H,19,20). The minimum Gasteiger partial charge on any atom is -0.478 e. The molecule has 1 saturated heterocycles. The van der Waals surface area contributed by atoms with E-state index in [2.05, 4.69) is 10.2 Å². The molecule has 0 radical (unpaired) electrons. The predicted molar refractivity (Wildman–Crippen MR) is 77.8 cm³/mol. The molecule has 1 aromatic carbocycles. The van der Waals surface area contributed by atoms with Gasteiger partial charge < -0.3 is 10.4 Å². The van der Waals surface area contributed by atoms with E-state index in [0.717, 1.165) is 25.0 Å². The molecule has 20 heavy (non-hydrogen) atoms. The summed E-state index contributed by atoms with van der Waals surface area (Å²) in [6, 6.07) is 8.04. The second kappa shape index (κ2) is 5.94. The van der Waals surface area contributed by atoms with Crippen molar-refractivity contribution in [2.75, 3.05) is 19.6 Å². The van der Waals surface area contributed by atoms with E-state index in [-0.39, 0.29) is 0 Å². The number of nitrogens with one attached hydrogen (secondary N) is 1. The number of likely N-dealkylation sites (tertiary alicyclic amines) is 1. The average molecular weight is 274 g/mol. The van der Waals surface area contributed by atoms with Crippen LogP contribution >= 0.6 is 0 Å². The van der Waals surface area contributed by atoms with Crippen LogP contribution < -0.4 is 5.32 Å². The van der Waals surface area contributed by atoms with Crippen LogP contribution in [0, 0.1) is 5.92 Å². The summed E-state index contributed by atoms with van der Waals surface area (Å²) in [5.74, 6) is -0.0248. The fourth-order valence-electron chi connectivity index (χ4n) is 2.78. The molecule has 1 aliphatic heterocycles. The van der Waals surface area contributed by atoms with Gasteiger partial charge in [0.2, 0.25) is 0 Å². The molecule has 108 valence electrons. The minimum absolute atomic E-state index is 0.362. The van der Waals surface area contributed by atoms with E-state index in [1.165, 1.54) is 37.9 Å². The quantitative estimate of drug-likeness (QED) is 0.798. The molecule has 1 saturated carbocycles. The number of carbonyl (C=O) groups is 1. The number of carboxylic acid groups (broad SMARTS) is 1. The largest absolute Gasteiger partial charge is 0.478 e. The third kappa shape index (κ3) is 3.58. The van der Waals surface area contributed by atoms with Gasteiger partial charge >= 0.3 is 5.97 Å². The molecule has 1 heterocycles. The van der Waals surface area contributed by atoms with Crippen molar-refractivity contribution in [3.05, 3.63) is 35.4 Å². The summed E-state index contributed by atoms with van der Waals surface area (Å²) in [7, 11) is 0. The molecule has 0 amide bonds. The predicted octanol–water partition coefficient (Wildman–Crippen LogP) is 1.96. The van der Waals surface area contributed by atoms with Gasteiger partial charge in [0.15, 0.2) is 0 Å². The van der Waals surface area contributed by atoms with Crippen LogP contribution in [0.1, 0.15) is 35.2 Å². The Morgan fingerprint density at radius 3 is 2.55 bits per heavy atom. The Morgan fingerprint density at radius 2 is 1.95 bits per heavy atom. The molecule has 4 heteroatoms. The zero-order valence-corrected chi connectivity index (χ0v) is 11.7. The molecule has 1 aliphatic carbocycles. The summed E-state index contributed by atoms with van der Waals surface area (Å²) in [4.78, 5) is 13.2. The lowest BCUT2D eigenvalue weighted by Gasteiger charge is -2.39. The van der Waals surface area contributed by atoms with Crippen LogP contribution in [0.4, 0.5) is 0 Å². The van der Waals surface area contributed by atoms with Gasteiger partial charge in [0.1, 0.15) is 0 Å².